The number of rotatable bonds is 4. The minimum atomic E-state index is -0.939. The van der Waals surface area contributed by atoms with E-state index in [1.54, 1.807) is 18.2 Å². The Kier molecular flexibility index (Phi) is 4.74. The van der Waals surface area contributed by atoms with Gasteiger partial charge in [-0.25, -0.2) is 9.18 Å². The predicted molar refractivity (Wildman–Crippen MR) is 74.6 cm³/mol. The van der Waals surface area contributed by atoms with Crippen LogP contribution in [0.2, 0.25) is 0 Å². The van der Waals surface area contributed by atoms with Crippen molar-refractivity contribution in [3.63, 3.8) is 0 Å². The lowest BCUT2D eigenvalue weighted by molar-refractivity contribution is 0.0762. The van der Waals surface area contributed by atoms with E-state index in [1.165, 1.54) is 12.1 Å². The van der Waals surface area contributed by atoms with E-state index < -0.39 is 5.60 Å². The van der Waals surface area contributed by atoms with Crippen molar-refractivity contribution in [1.29, 1.82) is 0 Å². The van der Waals surface area contributed by atoms with Gasteiger partial charge >= 0.3 is 6.03 Å². The maximum Gasteiger partial charge on any atom is 0.315 e. The van der Waals surface area contributed by atoms with Crippen molar-refractivity contribution >= 4 is 6.03 Å². The van der Waals surface area contributed by atoms with Crippen molar-refractivity contribution in [2.24, 2.45) is 0 Å². The molecule has 0 fully saturated rings. The fourth-order valence-corrected chi connectivity index (χ4v) is 2.14. The summed E-state index contributed by atoms with van der Waals surface area (Å²) in [6, 6.07) is 5.59. The molecule has 0 saturated heterocycles. The largest absolute Gasteiger partial charge is 0.384 e. The highest BCUT2D eigenvalue weighted by molar-refractivity contribution is 5.73. The number of amides is 2. The zero-order chi connectivity index (χ0) is 14.4. The van der Waals surface area contributed by atoms with Gasteiger partial charge in [0.05, 0.1) is 6.54 Å². The van der Waals surface area contributed by atoms with Crippen LogP contribution in [0, 0.1) is 5.82 Å². The fourth-order valence-electron chi connectivity index (χ4n) is 2.14. The van der Waals surface area contributed by atoms with Crippen LogP contribution < -0.4 is 10.6 Å². The Morgan fingerprint density at radius 2 is 2.05 bits per heavy atom. The number of benzene rings is 1. The number of nitrogens with one attached hydrogen (secondary N) is 2. The van der Waals surface area contributed by atoms with Crippen molar-refractivity contribution in [3.8, 4) is 0 Å². The average molecular weight is 278 g/mol. The van der Waals surface area contributed by atoms with E-state index in [0.29, 0.717) is 13.0 Å². The smallest absolute Gasteiger partial charge is 0.315 e. The lowest BCUT2D eigenvalue weighted by Gasteiger charge is -2.27. The molecule has 1 aliphatic carbocycles. The molecule has 0 aromatic heterocycles. The summed E-state index contributed by atoms with van der Waals surface area (Å²) in [5.74, 6) is -0.301. The van der Waals surface area contributed by atoms with Crippen LogP contribution in [0.5, 0.6) is 0 Å². The van der Waals surface area contributed by atoms with Crippen LogP contribution in [-0.2, 0) is 6.54 Å². The molecular weight excluding hydrogens is 259 g/mol. The normalized spacial score (nSPS) is 21.5. The summed E-state index contributed by atoms with van der Waals surface area (Å²) in [6.07, 6.45) is 6.23. The van der Waals surface area contributed by atoms with Crippen LogP contribution in [0.15, 0.2) is 36.4 Å². The van der Waals surface area contributed by atoms with Gasteiger partial charge in [0.25, 0.3) is 0 Å². The van der Waals surface area contributed by atoms with Crippen molar-refractivity contribution in [1.82, 2.24) is 10.6 Å². The third-order valence-electron chi connectivity index (χ3n) is 3.33. The first-order chi connectivity index (χ1) is 9.57. The van der Waals surface area contributed by atoms with Crippen LogP contribution >= 0.6 is 0 Å². The molecule has 20 heavy (non-hydrogen) atoms. The molecule has 4 nitrogen and oxygen atoms in total. The van der Waals surface area contributed by atoms with Gasteiger partial charge in [-0.3, -0.25) is 0 Å². The van der Waals surface area contributed by atoms with E-state index in [2.05, 4.69) is 10.6 Å². The van der Waals surface area contributed by atoms with Gasteiger partial charge in [0.15, 0.2) is 0 Å². The predicted octanol–water partition coefficient (Wildman–Crippen LogP) is 2.10. The number of hydrogen-bond donors (Lipinski definition) is 3. The number of halogens is 1. The second kappa shape index (κ2) is 6.52. The Morgan fingerprint density at radius 3 is 2.70 bits per heavy atom. The van der Waals surface area contributed by atoms with Gasteiger partial charge in [-0.15, -0.1) is 0 Å². The summed E-state index contributed by atoms with van der Waals surface area (Å²) in [4.78, 5) is 11.6. The van der Waals surface area contributed by atoms with Crippen LogP contribution in [0.3, 0.4) is 0 Å². The summed E-state index contributed by atoms with van der Waals surface area (Å²) < 4.78 is 12.7. The molecule has 0 radical (unpaired) electrons. The van der Waals surface area contributed by atoms with Gasteiger partial charge in [0.1, 0.15) is 11.4 Å². The summed E-state index contributed by atoms with van der Waals surface area (Å²) >= 11 is 0. The van der Waals surface area contributed by atoms with Gasteiger partial charge < -0.3 is 15.7 Å². The van der Waals surface area contributed by atoms with E-state index in [4.69, 9.17) is 0 Å². The lowest BCUT2D eigenvalue weighted by Crippen LogP contribution is -2.45. The third-order valence-corrected chi connectivity index (χ3v) is 3.33. The van der Waals surface area contributed by atoms with Crippen LogP contribution in [0.25, 0.3) is 0 Å². The summed E-state index contributed by atoms with van der Waals surface area (Å²) in [5, 5.41) is 15.5. The van der Waals surface area contributed by atoms with Gasteiger partial charge in [-0.1, -0.05) is 24.3 Å². The number of urea groups is 1. The Morgan fingerprint density at radius 1 is 1.30 bits per heavy atom. The summed E-state index contributed by atoms with van der Waals surface area (Å²) in [5.41, 5.74) is -0.122. The first-order valence-corrected chi connectivity index (χ1v) is 6.74. The Bertz CT molecular complexity index is 487. The molecule has 0 spiro atoms. The molecule has 1 aliphatic rings. The zero-order valence-corrected chi connectivity index (χ0v) is 11.2. The maximum absolute atomic E-state index is 12.7. The molecule has 1 unspecified atom stereocenters. The topological polar surface area (TPSA) is 61.4 Å². The minimum absolute atomic E-state index is 0.193. The third kappa shape index (κ3) is 4.35. The summed E-state index contributed by atoms with van der Waals surface area (Å²) in [7, 11) is 0. The van der Waals surface area contributed by atoms with Gasteiger partial charge in [0, 0.05) is 6.54 Å². The molecular formula is C15H19FN2O2. The van der Waals surface area contributed by atoms with Crippen molar-refractivity contribution in [2.75, 3.05) is 6.54 Å². The van der Waals surface area contributed by atoms with E-state index in [9.17, 15) is 14.3 Å². The Labute approximate surface area is 117 Å². The number of carbonyl (C=O) groups excluding carboxylic acids is 1. The highest BCUT2D eigenvalue weighted by Crippen LogP contribution is 2.20. The molecule has 5 heteroatoms. The molecule has 108 valence electrons. The van der Waals surface area contributed by atoms with Crippen molar-refractivity contribution < 1.29 is 14.3 Å². The SMILES string of the molecule is O=C(NCc1ccc(F)cc1)NCC1(O)C=CCCC1. The van der Waals surface area contributed by atoms with Gasteiger partial charge in [-0.2, -0.15) is 0 Å². The molecule has 0 saturated carbocycles. The van der Waals surface area contributed by atoms with Gasteiger partial charge in [0.2, 0.25) is 0 Å². The summed E-state index contributed by atoms with van der Waals surface area (Å²) in [6.45, 7) is 0.513. The second-order valence-electron chi connectivity index (χ2n) is 5.06. The molecule has 1 aromatic rings. The minimum Gasteiger partial charge on any atom is -0.384 e. The van der Waals surface area contributed by atoms with Crippen LogP contribution in [0.4, 0.5) is 9.18 Å². The maximum atomic E-state index is 12.7. The molecule has 0 heterocycles. The molecule has 0 aliphatic heterocycles. The molecule has 3 N–H and O–H groups in total. The lowest BCUT2D eigenvalue weighted by atomic mass is 9.91. The first kappa shape index (κ1) is 14.5. The van der Waals surface area contributed by atoms with Crippen LogP contribution in [0.1, 0.15) is 24.8 Å². The first-order valence-electron chi connectivity index (χ1n) is 6.74. The van der Waals surface area contributed by atoms with E-state index in [0.717, 1.165) is 18.4 Å². The quantitative estimate of drug-likeness (QED) is 0.739. The molecule has 1 aromatic carbocycles. The standard InChI is InChI=1S/C15H19FN2O2/c16-13-6-4-12(5-7-13)10-17-14(19)18-11-15(20)8-2-1-3-9-15/h2,4-8,20H,1,3,9-11H2,(H2,17,18,19). The monoisotopic (exact) mass is 278 g/mol. The highest BCUT2D eigenvalue weighted by Gasteiger charge is 2.25. The van der Waals surface area contributed by atoms with Gasteiger partial charge in [-0.05, 0) is 37.0 Å². The number of aliphatic hydroxyl groups is 1. The Balaban J connectivity index is 1.74. The molecule has 2 rings (SSSR count). The number of carbonyl (C=O) groups is 1. The van der Waals surface area contributed by atoms with E-state index in [-0.39, 0.29) is 18.4 Å². The highest BCUT2D eigenvalue weighted by atomic mass is 19.1. The number of allylic oxidation sites excluding steroid dienone is 1. The molecule has 2 amide bonds. The average Bonchev–Trinajstić information content (AvgIpc) is 2.45. The van der Waals surface area contributed by atoms with Crippen molar-refractivity contribution in [2.45, 2.75) is 31.4 Å². The van der Waals surface area contributed by atoms with Crippen molar-refractivity contribution in [3.05, 3.63) is 47.8 Å². The zero-order valence-electron chi connectivity index (χ0n) is 11.2. The second-order valence-corrected chi connectivity index (χ2v) is 5.06. The van der Waals surface area contributed by atoms with Crippen LogP contribution in [-0.4, -0.2) is 23.3 Å². The molecule has 0 bridgehead atoms. The molecule has 1 atom stereocenters. The van der Waals surface area contributed by atoms with E-state index in [1.807, 2.05) is 6.08 Å². The Hall–Kier alpha value is -1.88. The number of hydrogen-bond acceptors (Lipinski definition) is 2. The fraction of sp³-hybridized carbons (Fsp3) is 0.400. The van der Waals surface area contributed by atoms with E-state index >= 15 is 0 Å².